The van der Waals surface area contributed by atoms with Crippen molar-refractivity contribution in [2.45, 2.75) is 31.9 Å². The van der Waals surface area contributed by atoms with Gasteiger partial charge in [0.05, 0.1) is 18.6 Å². The zero-order valence-electron chi connectivity index (χ0n) is 12.9. The van der Waals surface area contributed by atoms with E-state index >= 15 is 0 Å². The van der Waals surface area contributed by atoms with Crippen molar-refractivity contribution in [3.8, 4) is 5.75 Å². The molecule has 0 aliphatic carbocycles. The topological polar surface area (TPSA) is 110 Å². The third-order valence-corrected chi connectivity index (χ3v) is 3.49. The summed E-state index contributed by atoms with van der Waals surface area (Å²) in [6.07, 6.45) is -0.623. The molecule has 0 heterocycles. The molecule has 4 N–H and O–H groups in total. The van der Waals surface area contributed by atoms with E-state index in [1.165, 1.54) is 6.92 Å². The van der Waals surface area contributed by atoms with Gasteiger partial charge in [-0.1, -0.05) is 12.1 Å². The van der Waals surface area contributed by atoms with Crippen molar-refractivity contribution in [3.05, 3.63) is 29.8 Å². The van der Waals surface area contributed by atoms with Crippen molar-refractivity contribution in [2.75, 3.05) is 13.3 Å². The Kier molecular flexibility index (Phi) is 7.64. The van der Waals surface area contributed by atoms with Gasteiger partial charge in [-0.25, -0.2) is 4.39 Å². The lowest BCUT2D eigenvalue weighted by molar-refractivity contribution is -0.142. The monoisotopic (exact) mass is 326 g/mol. The minimum Gasteiger partial charge on any atom is -0.485 e. The molecular weight excluding hydrogens is 304 g/mol. The van der Waals surface area contributed by atoms with Crippen LogP contribution in [0.1, 0.15) is 18.9 Å². The van der Waals surface area contributed by atoms with Gasteiger partial charge in [0.1, 0.15) is 24.3 Å². The number of hydrogen-bond acceptors (Lipinski definition) is 5. The van der Waals surface area contributed by atoms with E-state index in [1.807, 2.05) is 0 Å². The number of carboxylic acids is 1. The number of aliphatic carboxylic acids is 1. The summed E-state index contributed by atoms with van der Waals surface area (Å²) in [5, 5.41) is 18.1. The average molecular weight is 326 g/mol. The first kappa shape index (κ1) is 19.1. The molecule has 0 bridgehead atoms. The summed E-state index contributed by atoms with van der Waals surface area (Å²) in [6, 6.07) is 5.69. The van der Waals surface area contributed by atoms with Gasteiger partial charge in [-0.15, -0.1) is 0 Å². The number of aliphatic hydroxyl groups excluding tert-OH is 1. The number of alkyl halides is 1. The number of benzene rings is 1. The van der Waals surface area contributed by atoms with E-state index in [0.717, 1.165) is 5.56 Å². The molecule has 0 saturated heterocycles. The molecule has 7 heteroatoms. The highest BCUT2D eigenvalue weighted by atomic mass is 18.2. The van der Waals surface area contributed by atoms with Gasteiger partial charge in [0.2, 0.25) is 0 Å². The molecule has 0 aliphatic heterocycles. The number of carbonyl (C=O) groups is 2. The number of nitrogens with two attached hydrogens (primary N) is 1. The first-order valence-corrected chi connectivity index (χ1v) is 7.28. The van der Waals surface area contributed by atoms with E-state index in [2.05, 4.69) is 0 Å². The Labute approximate surface area is 134 Å². The number of hydrogen-bond donors (Lipinski definition) is 3. The first-order chi connectivity index (χ1) is 10.9. The number of Topliss-reactive ketones (excluding diaryl/α,β-unsaturated/α-hetero) is 1. The molecule has 1 aromatic rings. The predicted molar refractivity (Wildman–Crippen MR) is 82.0 cm³/mol. The highest BCUT2D eigenvalue weighted by Gasteiger charge is 2.23. The number of rotatable bonds is 10. The first-order valence-electron chi connectivity index (χ1n) is 7.28. The molecule has 0 saturated carbocycles. The number of carboxylic acid groups (broad SMARTS) is 1. The summed E-state index contributed by atoms with van der Waals surface area (Å²) in [7, 11) is 0. The Hall–Kier alpha value is -1.99. The van der Waals surface area contributed by atoms with Gasteiger partial charge < -0.3 is 20.7 Å². The molecule has 3 atom stereocenters. The van der Waals surface area contributed by atoms with Crippen LogP contribution in [-0.2, 0) is 16.0 Å². The zero-order chi connectivity index (χ0) is 17.4. The second-order valence-corrected chi connectivity index (χ2v) is 5.41. The van der Waals surface area contributed by atoms with Crippen LogP contribution in [0.15, 0.2) is 24.3 Å². The lowest BCUT2D eigenvalue weighted by Gasteiger charge is -2.17. The van der Waals surface area contributed by atoms with Gasteiger partial charge in [0, 0.05) is 0 Å². The van der Waals surface area contributed by atoms with E-state index in [4.69, 9.17) is 15.6 Å². The van der Waals surface area contributed by atoms with Crippen LogP contribution in [0.25, 0.3) is 0 Å². The zero-order valence-corrected chi connectivity index (χ0v) is 12.9. The molecule has 6 nitrogen and oxygen atoms in total. The minimum absolute atomic E-state index is 0.0668. The highest BCUT2D eigenvalue weighted by Crippen LogP contribution is 2.19. The van der Waals surface area contributed by atoms with E-state index in [9.17, 15) is 19.1 Å². The lowest BCUT2D eigenvalue weighted by atomic mass is 9.92. The van der Waals surface area contributed by atoms with Crippen molar-refractivity contribution in [1.82, 2.24) is 0 Å². The Morgan fingerprint density at radius 3 is 2.35 bits per heavy atom. The molecule has 0 amide bonds. The lowest BCUT2D eigenvalue weighted by Crippen LogP contribution is -2.33. The molecule has 128 valence electrons. The molecule has 0 radical (unpaired) electrons. The van der Waals surface area contributed by atoms with Crippen LogP contribution < -0.4 is 10.5 Å². The molecule has 0 aliphatic rings. The average Bonchev–Trinajstić information content (AvgIpc) is 2.53. The molecule has 1 rings (SSSR count). The minimum atomic E-state index is -1.01. The van der Waals surface area contributed by atoms with Crippen LogP contribution in [0.5, 0.6) is 5.75 Å². The summed E-state index contributed by atoms with van der Waals surface area (Å²) >= 11 is 0. The van der Waals surface area contributed by atoms with Gasteiger partial charge >= 0.3 is 5.97 Å². The van der Waals surface area contributed by atoms with Gasteiger partial charge in [-0.3, -0.25) is 9.59 Å². The molecular formula is C16H22FNO5. The highest BCUT2D eigenvalue weighted by molar-refractivity contribution is 5.82. The standard InChI is InChI=1S/C16H22FNO5/c1-10(20)15(18)7-12(16(21)22)6-11-2-4-13(5-3-11)23-14(8-17)9-19/h2-5,12,14-15,19H,6-9,18H2,1H3,(H,21,22)/t12?,14?,15-/m0/s1/i17-1. The summed E-state index contributed by atoms with van der Waals surface area (Å²) in [4.78, 5) is 22.5. The van der Waals surface area contributed by atoms with Gasteiger partial charge in [-0.2, -0.15) is 0 Å². The van der Waals surface area contributed by atoms with Crippen molar-refractivity contribution < 1.29 is 28.9 Å². The van der Waals surface area contributed by atoms with Crippen LogP contribution in [0.3, 0.4) is 0 Å². The van der Waals surface area contributed by atoms with Crippen molar-refractivity contribution in [3.63, 3.8) is 0 Å². The Bertz CT molecular complexity index is 516. The Morgan fingerprint density at radius 2 is 1.91 bits per heavy atom. The quantitative estimate of drug-likeness (QED) is 0.590. The summed E-state index contributed by atoms with van der Waals surface area (Å²) in [6.45, 7) is 0.0999. The van der Waals surface area contributed by atoms with E-state index < -0.39 is 37.3 Å². The van der Waals surface area contributed by atoms with Crippen LogP contribution in [0, 0.1) is 5.92 Å². The SMILES string of the molecule is CC(=O)[C@@H](N)CC(Cc1ccc(OC(CO)C[18F])cc1)C(=O)O. The fourth-order valence-electron chi connectivity index (χ4n) is 2.04. The van der Waals surface area contributed by atoms with Crippen LogP contribution in [0.2, 0.25) is 0 Å². The van der Waals surface area contributed by atoms with Gasteiger partial charge in [0.25, 0.3) is 0 Å². The van der Waals surface area contributed by atoms with Crippen LogP contribution >= 0.6 is 0 Å². The fraction of sp³-hybridized carbons (Fsp3) is 0.500. The maximum atomic E-state index is 12.5. The molecule has 0 spiro atoms. The number of halogens is 1. The van der Waals surface area contributed by atoms with Crippen LogP contribution in [-0.4, -0.2) is 47.4 Å². The number of ketones is 1. The largest absolute Gasteiger partial charge is 0.485 e. The molecule has 0 fully saturated rings. The van der Waals surface area contributed by atoms with E-state index in [0.29, 0.717) is 5.75 Å². The summed E-state index contributed by atoms with van der Waals surface area (Å²) in [5.41, 5.74) is 6.36. The predicted octanol–water partition coefficient (Wildman–Crippen LogP) is 0.945. The summed E-state index contributed by atoms with van der Waals surface area (Å²) < 4.78 is 17.7. The van der Waals surface area contributed by atoms with E-state index in [-0.39, 0.29) is 18.6 Å². The normalized spacial score (nSPS) is 14.8. The molecule has 0 aromatic heterocycles. The number of carbonyl (C=O) groups excluding carboxylic acids is 1. The van der Waals surface area contributed by atoms with Crippen LogP contribution in [0.4, 0.5) is 4.39 Å². The molecule has 23 heavy (non-hydrogen) atoms. The smallest absolute Gasteiger partial charge is 0.306 e. The third kappa shape index (κ3) is 6.33. The second-order valence-electron chi connectivity index (χ2n) is 5.41. The van der Waals surface area contributed by atoms with Crippen molar-refractivity contribution >= 4 is 11.8 Å². The molecule has 2 unspecified atom stereocenters. The van der Waals surface area contributed by atoms with Gasteiger partial charge in [0.15, 0.2) is 0 Å². The second kappa shape index (κ2) is 9.22. The maximum absolute atomic E-state index is 12.5. The molecule has 1 aromatic carbocycles. The van der Waals surface area contributed by atoms with Gasteiger partial charge in [-0.05, 0) is 37.5 Å². The van der Waals surface area contributed by atoms with Crippen molar-refractivity contribution in [2.24, 2.45) is 11.7 Å². The number of ether oxygens (including phenoxy) is 1. The maximum Gasteiger partial charge on any atom is 0.306 e. The fourth-order valence-corrected chi connectivity index (χ4v) is 2.04. The Balaban J connectivity index is 2.70. The Morgan fingerprint density at radius 1 is 1.30 bits per heavy atom. The van der Waals surface area contributed by atoms with E-state index in [1.54, 1.807) is 24.3 Å². The number of aliphatic hydroxyl groups is 1. The third-order valence-electron chi connectivity index (χ3n) is 3.49. The van der Waals surface area contributed by atoms with Crippen molar-refractivity contribution in [1.29, 1.82) is 0 Å². The summed E-state index contributed by atoms with van der Waals surface area (Å²) in [5.74, 6) is -1.64.